The minimum Gasteiger partial charge on any atom is -0.376 e. The Kier molecular flexibility index (Phi) is 7.17. The summed E-state index contributed by atoms with van der Waals surface area (Å²) in [4.78, 5) is 12.6. The fourth-order valence-corrected chi connectivity index (χ4v) is 8.62. The third-order valence-corrected chi connectivity index (χ3v) is 10.8. The van der Waals surface area contributed by atoms with Gasteiger partial charge in [0.25, 0.3) is 0 Å². The number of Topliss-reactive ketones (excluding diaryl/α,β-unsaturated/α-hetero) is 1. The second-order valence-corrected chi connectivity index (χ2v) is 12.4. The Labute approximate surface area is 187 Å². The highest BCUT2D eigenvalue weighted by Crippen LogP contribution is 2.63. The van der Waals surface area contributed by atoms with E-state index in [4.69, 9.17) is 4.74 Å². The van der Waals surface area contributed by atoms with E-state index >= 15 is 0 Å². The van der Waals surface area contributed by atoms with E-state index in [-0.39, 0.29) is 17.8 Å². The zero-order chi connectivity index (χ0) is 22.0. The molecule has 2 aliphatic carbocycles. The molecule has 0 amide bonds. The predicted molar refractivity (Wildman–Crippen MR) is 125 cm³/mol. The lowest BCUT2D eigenvalue weighted by Crippen LogP contribution is -2.37. The molecule has 5 nitrogen and oxygen atoms in total. The number of ether oxygens (including phenoxy) is 1. The van der Waals surface area contributed by atoms with Gasteiger partial charge >= 0.3 is 0 Å². The fraction of sp³-hybridized carbons (Fsp3) is 0.640. The zero-order valence-corrected chi connectivity index (χ0v) is 20.0. The van der Waals surface area contributed by atoms with Crippen LogP contribution in [0.2, 0.25) is 0 Å². The number of hydrogen-bond donors (Lipinski definition) is 0. The average molecular weight is 445 g/mol. The summed E-state index contributed by atoms with van der Waals surface area (Å²) in [5.41, 5.74) is 1.13. The van der Waals surface area contributed by atoms with Crippen LogP contribution in [-0.4, -0.2) is 47.9 Å². The second-order valence-electron chi connectivity index (χ2n) is 9.63. The Morgan fingerprint density at radius 2 is 1.74 bits per heavy atom. The van der Waals surface area contributed by atoms with Gasteiger partial charge in [-0.2, -0.15) is 0 Å². The van der Waals surface area contributed by atoms with E-state index in [0.717, 1.165) is 24.8 Å². The molecule has 1 aromatic rings. The van der Waals surface area contributed by atoms with Crippen LogP contribution in [-0.2, 0) is 20.7 Å². The van der Waals surface area contributed by atoms with E-state index in [2.05, 4.69) is 22.3 Å². The summed E-state index contributed by atoms with van der Waals surface area (Å²) in [6, 6.07) is 10.9. The first-order valence-electron chi connectivity index (χ1n) is 11.8. The Balaban J connectivity index is 1.39. The first-order chi connectivity index (χ1) is 14.9. The number of fused-ring (bicyclic) bond motifs is 1. The lowest BCUT2D eigenvalue weighted by molar-refractivity contribution is -0.123. The first kappa shape index (κ1) is 22.9. The van der Waals surface area contributed by atoms with Gasteiger partial charge in [0.05, 0.1) is 13.2 Å². The number of nitrogens with zero attached hydrogens (tertiary/aromatic N) is 2. The minimum atomic E-state index is -2.68. The van der Waals surface area contributed by atoms with Crippen molar-refractivity contribution in [3.8, 4) is 0 Å². The number of hydrogen-bond acceptors (Lipinski definition) is 3. The molecule has 31 heavy (non-hydrogen) atoms. The lowest BCUT2D eigenvalue weighted by atomic mass is 9.85. The van der Waals surface area contributed by atoms with E-state index in [0.29, 0.717) is 37.5 Å². The van der Waals surface area contributed by atoms with Crippen molar-refractivity contribution in [1.82, 2.24) is 9.34 Å². The van der Waals surface area contributed by atoms with Gasteiger partial charge in [0.1, 0.15) is 5.78 Å². The normalized spacial score (nSPS) is 32.5. The van der Waals surface area contributed by atoms with Gasteiger partial charge in [-0.1, -0.05) is 56.2 Å². The topological polar surface area (TPSA) is 49.9 Å². The van der Waals surface area contributed by atoms with Gasteiger partial charge in [-0.25, -0.2) is 9.34 Å². The summed E-state index contributed by atoms with van der Waals surface area (Å²) < 4.78 is 24.1. The number of likely N-dealkylation sites (N-methyl/N-ethyl adjacent to an activating group) is 2. The highest BCUT2D eigenvalue weighted by molar-refractivity contribution is 7.62. The van der Waals surface area contributed by atoms with Crippen LogP contribution in [0.3, 0.4) is 0 Å². The molecule has 1 saturated heterocycles. The highest BCUT2D eigenvalue weighted by Gasteiger charge is 2.50. The molecular weight excluding hydrogens is 407 g/mol. The molecule has 6 heteroatoms. The van der Waals surface area contributed by atoms with Crippen molar-refractivity contribution >= 4 is 13.2 Å². The SMILES string of the molecule is C[C@@H](/C=C/P1(=O)N(C)[C@@H]2CCCC[C@H]2N1C)[C@@H]1CCC(=O)[C@H]1COCc1ccccc1. The molecule has 0 unspecified atom stereocenters. The zero-order valence-electron chi connectivity index (χ0n) is 19.2. The van der Waals surface area contributed by atoms with Crippen molar-refractivity contribution in [2.75, 3.05) is 20.7 Å². The number of ketones is 1. The molecule has 1 heterocycles. The van der Waals surface area contributed by atoms with Gasteiger partial charge in [0.15, 0.2) is 0 Å². The molecule has 0 N–H and O–H groups in total. The molecule has 3 aliphatic rings. The second kappa shape index (κ2) is 9.70. The Bertz CT molecular complexity index is 820. The summed E-state index contributed by atoms with van der Waals surface area (Å²) in [5.74, 6) is 2.68. The van der Waals surface area contributed by atoms with E-state index in [1.54, 1.807) is 0 Å². The molecule has 170 valence electrons. The van der Waals surface area contributed by atoms with Crippen molar-refractivity contribution in [2.24, 2.45) is 17.8 Å². The molecule has 1 aromatic carbocycles. The molecular formula is C25H37N2O3P. The molecule has 4 rings (SSSR count). The van der Waals surface area contributed by atoms with E-state index < -0.39 is 7.44 Å². The Morgan fingerprint density at radius 1 is 1.10 bits per heavy atom. The van der Waals surface area contributed by atoms with E-state index in [1.807, 2.05) is 50.2 Å². The summed E-state index contributed by atoms with van der Waals surface area (Å²) in [7, 11) is 1.38. The summed E-state index contributed by atoms with van der Waals surface area (Å²) in [6.45, 7) is 3.17. The van der Waals surface area contributed by atoms with Gasteiger partial charge in [-0.15, -0.1) is 0 Å². The monoisotopic (exact) mass is 444 g/mol. The van der Waals surface area contributed by atoms with Crippen LogP contribution >= 0.6 is 7.44 Å². The highest BCUT2D eigenvalue weighted by atomic mass is 31.2. The third kappa shape index (κ3) is 4.61. The quantitative estimate of drug-likeness (QED) is 0.532. The predicted octanol–water partition coefficient (Wildman–Crippen LogP) is 5.33. The molecule has 0 aromatic heterocycles. The third-order valence-electron chi connectivity index (χ3n) is 7.88. The standard InChI is InChI=1S/C25H37N2O3P/c1-19(15-16-31(29)26(2)23-11-7-8-12-24(23)27(31)3)21-13-14-25(28)22(21)18-30-17-20-9-5-4-6-10-20/h4-6,9-10,15-16,19,21-24H,7-8,11-14,17-18H2,1-3H3/b16-15+/t19-,21-,22-,23+,24+/m0/s1. The summed E-state index contributed by atoms with van der Waals surface area (Å²) in [5, 5.41) is 0. The minimum absolute atomic E-state index is 0.0640. The molecule has 2 saturated carbocycles. The molecule has 0 radical (unpaired) electrons. The van der Waals surface area contributed by atoms with Gasteiger partial charge in [-0.05, 0) is 50.8 Å². The first-order valence-corrected chi connectivity index (χ1v) is 13.5. The fourth-order valence-electron chi connectivity index (χ4n) is 5.87. The Hall–Kier alpha value is -1.26. The number of allylic oxidation sites excluding steroid dienone is 1. The van der Waals surface area contributed by atoms with Crippen LogP contribution in [0, 0.1) is 17.8 Å². The van der Waals surface area contributed by atoms with Crippen LogP contribution in [0.4, 0.5) is 0 Å². The lowest BCUT2D eigenvalue weighted by Gasteiger charge is -2.28. The number of rotatable bonds is 7. The molecule has 3 fully saturated rings. The van der Waals surface area contributed by atoms with Crippen LogP contribution < -0.4 is 0 Å². The summed E-state index contributed by atoms with van der Waals surface area (Å²) >= 11 is 0. The van der Waals surface area contributed by atoms with Crippen LogP contribution in [0.15, 0.2) is 42.2 Å². The molecule has 0 bridgehead atoms. The maximum atomic E-state index is 13.9. The van der Waals surface area contributed by atoms with Crippen molar-refractivity contribution in [2.45, 2.75) is 64.1 Å². The summed E-state index contributed by atoms with van der Waals surface area (Å²) in [6.07, 6.45) is 8.38. The molecule has 1 aliphatic heterocycles. The number of carbonyl (C=O) groups excluding carboxylic acids is 1. The smallest absolute Gasteiger partial charge is 0.238 e. The largest absolute Gasteiger partial charge is 0.376 e. The van der Waals surface area contributed by atoms with Crippen molar-refractivity contribution in [3.05, 3.63) is 47.8 Å². The number of benzene rings is 1. The van der Waals surface area contributed by atoms with E-state index in [9.17, 15) is 9.36 Å². The Morgan fingerprint density at radius 3 is 2.39 bits per heavy atom. The average Bonchev–Trinajstić information content (AvgIpc) is 3.25. The van der Waals surface area contributed by atoms with Crippen LogP contribution in [0.1, 0.15) is 51.0 Å². The van der Waals surface area contributed by atoms with Crippen LogP contribution in [0.25, 0.3) is 0 Å². The number of carbonyl (C=O) groups is 1. The molecule has 0 spiro atoms. The van der Waals surface area contributed by atoms with E-state index in [1.165, 1.54) is 12.8 Å². The van der Waals surface area contributed by atoms with Crippen molar-refractivity contribution in [1.29, 1.82) is 0 Å². The maximum Gasteiger partial charge on any atom is 0.238 e. The van der Waals surface area contributed by atoms with Crippen molar-refractivity contribution in [3.63, 3.8) is 0 Å². The van der Waals surface area contributed by atoms with Gasteiger partial charge in [-0.3, -0.25) is 9.36 Å². The maximum absolute atomic E-state index is 13.9. The van der Waals surface area contributed by atoms with Gasteiger partial charge in [0, 0.05) is 30.2 Å². The molecule has 5 atom stereocenters. The van der Waals surface area contributed by atoms with Crippen LogP contribution in [0.5, 0.6) is 0 Å². The van der Waals surface area contributed by atoms with Crippen molar-refractivity contribution < 1.29 is 14.1 Å². The van der Waals surface area contributed by atoms with Gasteiger partial charge < -0.3 is 4.74 Å². The van der Waals surface area contributed by atoms with Gasteiger partial charge in [0.2, 0.25) is 7.44 Å².